The van der Waals surface area contributed by atoms with Crippen LogP contribution in [0.2, 0.25) is 0 Å². The van der Waals surface area contributed by atoms with Gasteiger partial charge in [-0.2, -0.15) is 0 Å². The average molecular weight is 371 g/mol. The van der Waals surface area contributed by atoms with Gasteiger partial charge in [0.15, 0.2) is 0 Å². The molecule has 2 aromatic rings. The van der Waals surface area contributed by atoms with Crippen molar-refractivity contribution in [1.82, 2.24) is 9.97 Å². The highest BCUT2D eigenvalue weighted by Crippen LogP contribution is 2.26. The Morgan fingerprint density at radius 3 is 2.33 bits per heavy atom. The summed E-state index contributed by atoms with van der Waals surface area (Å²) in [4.78, 5) is 23.0. The van der Waals surface area contributed by atoms with Crippen LogP contribution in [0.5, 0.6) is 11.5 Å². The molecule has 1 fully saturated rings. The summed E-state index contributed by atoms with van der Waals surface area (Å²) in [5, 5.41) is 5.50. The number of methoxy groups -OCH3 is 2. The van der Waals surface area contributed by atoms with E-state index in [1.54, 1.807) is 38.5 Å². The number of aromatic nitrogens is 2. The normalized spacial score (nSPS) is 14.6. The van der Waals surface area contributed by atoms with E-state index in [2.05, 4.69) is 32.4 Å². The Labute approximate surface area is 158 Å². The molecule has 0 atom stereocenters. The summed E-state index contributed by atoms with van der Waals surface area (Å²) < 4.78 is 10.4. The molecule has 0 radical (unpaired) electrons. The third kappa shape index (κ3) is 4.99. The van der Waals surface area contributed by atoms with E-state index in [0.717, 1.165) is 37.7 Å². The zero-order chi connectivity index (χ0) is 19.2. The Kier molecular flexibility index (Phi) is 5.95. The van der Waals surface area contributed by atoms with Gasteiger partial charge in [-0.1, -0.05) is 6.92 Å². The predicted octanol–water partition coefficient (Wildman–Crippen LogP) is 3.37. The number of ether oxygens (including phenoxy) is 2. The summed E-state index contributed by atoms with van der Waals surface area (Å²) in [5.74, 6) is 3.20. The third-order valence-electron chi connectivity index (χ3n) is 4.61. The van der Waals surface area contributed by atoms with Gasteiger partial charge in [0.05, 0.1) is 14.2 Å². The van der Waals surface area contributed by atoms with Crippen molar-refractivity contribution in [3.63, 3.8) is 0 Å². The average Bonchev–Trinajstić information content (AvgIpc) is 2.68. The molecule has 1 aromatic carbocycles. The van der Waals surface area contributed by atoms with E-state index in [9.17, 15) is 4.79 Å². The summed E-state index contributed by atoms with van der Waals surface area (Å²) in [7, 11) is 3.12. The molecular weight excluding hydrogens is 346 g/mol. The number of piperidine rings is 1. The van der Waals surface area contributed by atoms with Gasteiger partial charge in [-0.3, -0.25) is 5.32 Å². The highest BCUT2D eigenvalue weighted by Gasteiger charge is 2.17. The minimum atomic E-state index is -0.401. The number of carbonyl (C=O) groups is 1. The van der Waals surface area contributed by atoms with Crippen LogP contribution in [-0.2, 0) is 0 Å². The largest absolute Gasteiger partial charge is 0.497 e. The van der Waals surface area contributed by atoms with Crippen molar-refractivity contribution in [3.8, 4) is 11.5 Å². The topological polar surface area (TPSA) is 88.6 Å². The zero-order valence-corrected chi connectivity index (χ0v) is 15.9. The first kappa shape index (κ1) is 18.8. The van der Waals surface area contributed by atoms with Crippen LogP contribution in [0, 0.1) is 5.92 Å². The number of nitrogens with zero attached hydrogens (tertiary/aromatic N) is 3. The first-order valence-electron chi connectivity index (χ1n) is 8.95. The second kappa shape index (κ2) is 8.57. The molecule has 27 heavy (non-hydrogen) atoms. The molecule has 8 heteroatoms. The number of nitrogens with one attached hydrogen (secondary N) is 2. The van der Waals surface area contributed by atoms with Gasteiger partial charge in [0.1, 0.15) is 29.5 Å². The van der Waals surface area contributed by atoms with Crippen LogP contribution < -0.4 is 25.0 Å². The van der Waals surface area contributed by atoms with Crippen LogP contribution >= 0.6 is 0 Å². The third-order valence-corrected chi connectivity index (χ3v) is 4.61. The molecular formula is C19H25N5O3. The van der Waals surface area contributed by atoms with Crippen molar-refractivity contribution in [1.29, 1.82) is 0 Å². The van der Waals surface area contributed by atoms with Gasteiger partial charge < -0.3 is 19.7 Å². The van der Waals surface area contributed by atoms with E-state index in [4.69, 9.17) is 9.47 Å². The van der Waals surface area contributed by atoms with Crippen molar-refractivity contribution >= 4 is 23.4 Å². The number of rotatable bonds is 5. The molecule has 3 rings (SSSR count). The predicted molar refractivity (Wildman–Crippen MR) is 105 cm³/mol. The van der Waals surface area contributed by atoms with Crippen molar-refractivity contribution in [2.45, 2.75) is 19.8 Å². The Bertz CT molecular complexity index is 768. The standard InChI is InChI=1S/C19H25N5O3/c1-13-4-6-24(7-5-13)18-11-17(20-12-21-18)23-19(25)22-14-8-15(26-2)10-16(9-14)27-3/h8-13H,4-7H2,1-3H3,(H2,20,21,22,23,25). The van der Waals surface area contributed by atoms with Crippen molar-refractivity contribution in [2.24, 2.45) is 5.92 Å². The van der Waals surface area contributed by atoms with Gasteiger partial charge in [-0.05, 0) is 18.8 Å². The van der Waals surface area contributed by atoms with Crippen LogP contribution in [0.1, 0.15) is 19.8 Å². The molecule has 0 bridgehead atoms. The smallest absolute Gasteiger partial charge is 0.324 e. The SMILES string of the molecule is COc1cc(NC(=O)Nc2cc(N3CCC(C)CC3)ncn2)cc(OC)c1. The van der Waals surface area contributed by atoms with Gasteiger partial charge in [0, 0.05) is 43.0 Å². The molecule has 0 aliphatic carbocycles. The molecule has 0 spiro atoms. The van der Waals surface area contributed by atoms with Crippen molar-refractivity contribution in [3.05, 3.63) is 30.6 Å². The quantitative estimate of drug-likeness (QED) is 0.838. The lowest BCUT2D eigenvalue weighted by Crippen LogP contribution is -2.33. The highest BCUT2D eigenvalue weighted by atomic mass is 16.5. The summed E-state index contributed by atoms with van der Waals surface area (Å²) >= 11 is 0. The molecule has 0 unspecified atom stereocenters. The van der Waals surface area contributed by atoms with E-state index in [0.29, 0.717) is 23.0 Å². The van der Waals surface area contributed by atoms with E-state index < -0.39 is 6.03 Å². The van der Waals surface area contributed by atoms with Crippen LogP contribution in [-0.4, -0.2) is 43.3 Å². The maximum atomic E-state index is 12.3. The summed E-state index contributed by atoms with van der Waals surface area (Å²) in [6, 6.07) is 6.55. The van der Waals surface area contributed by atoms with Gasteiger partial charge in [-0.15, -0.1) is 0 Å². The number of urea groups is 1. The van der Waals surface area contributed by atoms with Crippen LogP contribution in [0.4, 0.5) is 22.1 Å². The highest BCUT2D eigenvalue weighted by molar-refractivity contribution is 5.99. The minimum Gasteiger partial charge on any atom is -0.497 e. The molecule has 0 saturated carbocycles. The monoisotopic (exact) mass is 371 g/mol. The lowest BCUT2D eigenvalue weighted by molar-refractivity contribution is 0.262. The zero-order valence-electron chi connectivity index (χ0n) is 15.9. The maximum absolute atomic E-state index is 12.3. The molecule has 2 heterocycles. The van der Waals surface area contributed by atoms with Crippen molar-refractivity contribution in [2.75, 3.05) is 42.8 Å². The Hall–Kier alpha value is -3.03. The second-order valence-corrected chi connectivity index (χ2v) is 6.61. The number of hydrogen-bond acceptors (Lipinski definition) is 6. The summed E-state index contributed by atoms with van der Waals surface area (Å²) in [5.41, 5.74) is 0.558. The molecule has 1 saturated heterocycles. The first-order chi connectivity index (χ1) is 13.1. The molecule has 8 nitrogen and oxygen atoms in total. The van der Waals surface area contributed by atoms with Crippen LogP contribution in [0.15, 0.2) is 30.6 Å². The van der Waals surface area contributed by atoms with Crippen LogP contribution in [0.3, 0.4) is 0 Å². The maximum Gasteiger partial charge on any atom is 0.324 e. The minimum absolute atomic E-state index is 0.401. The number of anilines is 3. The van der Waals surface area contributed by atoms with Gasteiger partial charge in [0.25, 0.3) is 0 Å². The van der Waals surface area contributed by atoms with E-state index >= 15 is 0 Å². The lowest BCUT2D eigenvalue weighted by atomic mass is 9.99. The Balaban J connectivity index is 1.65. The van der Waals surface area contributed by atoms with Crippen LogP contribution in [0.25, 0.3) is 0 Å². The number of amides is 2. The van der Waals surface area contributed by atoms with E-state index in [1.165, 1.54) is 6.33 Å². The van der Waals surface area contributed by atoms with Crippen molar-refractivity contribution < 1.29 is 14.3 Å². The van der Waals surface area contributed by atoms with E-state index in [1.807, 2.05) is 0 Å². The summed E-state index contributed by atoms with van der Waals surface area (Å²) in [6.07, 6.45) is 3.76. The summed E-state index contributed by atoms with van der Waals surface area (Å²) in [6.45, 7) is 4.20. The lowest BCUT2D eigenvalue weighted by Gasteiger charge is -2.31. The van der Waals surface area contributed by atoms with Gasteiger partial charge >= 0.3 is 6.03 Å². The Morgan fingerprint density at radius 1 is 1.04 bits per heavy atom. The van der Waals surface area contributed by atoms with Gasteiger partial charge in [-0.25, -0.2) is 14.8 Å². The fraction of sp³-hybridized carbons (Fsp3) is 0.421. The van der Waals surface area contributed by atoms with Gasteiger partial charge in [0.2, 0.25) is 0 Å². The first-order valence-corrected chi connectivity index (χ1v) is 8.95. The molecule has 1 aliphatic heterocycles. The fourth-order valence-corrected chi connectivity index (χ4v) is 2.98. The second-order valence-electron chi connectivity index (χ2n) is 6.61. The fourth-order valence-electron chi connectivity index (χ4n) is 2.98. The molecule has 2 amide bonds. The molecule has 2 N–H and O–H groups in total. The number of benzene rings is 1. The number of hydrogen-bond donors (Lipinski definition) is 2. The van der Waals surface area contributed by atoms with E-state index in [-0.39, 0.29) is 0 Å². The number of carbonyl (C=O) groups excluding carboxylic acids is 1. The molecule has 1 aliphatic rings. The molecule has 144 valence electrons. The molecule has 1 aromatic heterocycles. The Morgan fingerprint density at radius 2 is 1.70 bits per heavy atom.